The number of para-hydroxylation sites is 2. The van der Waals surface area contributed by atoms with Gasteiger partial charge in [0.15, 0.2) is 17.3 Å². The highest BCUT2D eigenvalue weighted by Crippen LogP contribution is 2.21. The summed E-state index contributed by atoms with van der Waals surface area (Å²) in [6.45, 7) is 0.493. The van der Waals surface area contributed by atoms with E-state index in [1.165, 1.54) is 6.33 Å². The standard InChI is InChI=1S/C17H14N10/c1-2-4-11-10(3-1)23-13(24-11)8-20-15-14-16(22-9-21-15)27-17(26-14)25-12-7-18-5-6-19-12/h1-7,9H,8H2,(H,23,24)(H3,19,20,21,22,25,26,27). The molecule has 4 aromatic heterocycles. The van der Waals surface area contributed by atoms with Crippen LogP contribution in [0.2, 0.25) is 0 Å². The maximum atomic E-state index is 4.55. The summed E-state index contributed by atoms with van der Waals surface area (Å²) < 4.78 is 0. The van der Waals surface area contributed by atoms with Crippen LogP contribution in [-0.2, 0) is 6.54 Å². The smallest absolute Gasteiger partial charge is 0.208 e. The molecule has 0 aliphatic heterocycles. The van der Waals surface area contributed by atoms with Gasteiger partial charge in [0.1, 0.15) is 17.7 Å². The van der Waals surface area contributed by atoms with Crippen LogP contribution in [0, 0.1) is 0 Å². The van der Waals surface area contributed by atoms with E-state index in [9.17, 15) is 0 Å². The zero-order chi connectivity index (χ0) is 18.1. The first-order valence-electron chi connectivity index (χ1n) is 8.26. The van der Waals surface area contributed by atoms with E-state index < -0.39 is 0 Å². The van der Waals surface area contributed by atoms with Crippen molar-refractivity contribution in [3.63, 3.8) is 0 Å². The number of nitrogens with zero attached hydrogens (tertiary/aromatic N) is 6. The molecule has 0 fully saturated rings. The number of benzene rings is 1. The minimum atomic E-state index is 0.493. The van der Waals surface area contributed by atoms with Crippen LogP contribution < -0.4 is 10.6 Å². The van der Waals surface area contributed by atoms with Crippen LogP contribution in [0.15, 0.2) is 49.2 Å². The lowest BCUT2D eigenvalue weighted by molar-refractivity contribution is 0.996. The van der Waals surface area contributed by atoms with Crippen LogP contribution >= 0.6 is 0 Å². The summed E-state index contributed by atoms with van der Waals surface area (Å²) in [5, 5.41) is 6.33. The minimum Gasteiger partial charge on any atom is -0.361 e. The van der Waals surface area contributed by atoms with E-state index in [1.54, 1.807) is 18.6 Å². The molecule has 5 rings (SSSR count). The third-order valence-electron chi connectivity index (χ3n) is 3.96. The fourth-order valence-corrected chi connectivity index (χ4v) is 2.76. The molecule has 0 unspecified atom stereocenters. The number of aromatic nitrogens is 8. The van der Waals surface area contributed by atoms with Gasteiger partial charge in [-0.3, -0.25) is 4.98 Å². The SMILES string of the molecule is c1ccc2[nH]c(CNc3ncnc4nc(Nc5cnccn5)[nH]c34)nc2c1. The van der Waals surface area contributed by atoms with Crippen LogP contribution in [-0.4, -0.2) is 39.9 Å². The summed E-state index contributed by atoms with van der Waals surface area (Å²) >= 11 is 0. The van der Waals surface area contributed by atoms with Gasteiger partial charge in [0.25, 0.3) is 0 Å². The van der Waals surface area contributed by atoms with Gasteiger partial charge in [-0.2, -0.15) is 4.98 Å². The van der Waals surface area contributed by atoms with Crippen molar-refractivity contribution < 1.29 is 0 Å². The zero-order valence-corrected chi connectivity index (χ0v) is 14.0. The Bertz CT molecular complexity index is 1180. The normalized spacial score (nSPS) is 11.1. The number of H-pyrrole nitrogens is 2. The molecule has 0 radical (unpaired) electrons. The molecule has 0 saturated carbocycles. The number of hydrogen-bond acceptors (Lipinski definition) is 8. The molecule has 5 aromatic rings. The van der Waals surface area contributed by atoms with Crippen LogP contribution in [0.25, 0.3) is 22.2 Å². The number of fused-ring (bicyclic) bond motifs is 2. The average Bonchev–Trinajstić information content (AvgIpc) is 3.30. The molecule has 0 atom stereocenters. The van der Waals surface area contributed by atoms with E-state index in [-0.39, 0.29) is 0 Å². The minimum absolute atomic E-state index is 0.493. The van der Waals surface area contributed by atoms with Crippen molar-refractivity contribution >= 4 is 39.8 Å². The average molecular weight is 358 g/mol. The van der Waals surface area contributed by atoms with E-state index in [0.29, 0.717) is 35.3 Å². The highest BCUT2D eigenvalue weighted by Gasteiger charge is 2.11. The maximum absolute atomic E-state index is 4.55. The van der Waals surface area contributed by atoms with Crippen molar-refractivity contribution in [2.75, 3.05) is 10.6 Å². The van der Waals surface area contributed by atoms with Gasteiger partial charge in [-0.25, -0.2) is 19.9 Å². The van der Waals surface area contributed by atoms with E-state index >= 15 is 0 Å². The van der Waals surface area contributed by atoms with Gasteiger partial charge in [-0.1, -0.05) is 12.1 Å². The van der Waals surface area contributed by atoms with Gasteiger partial charge >= 0.3 is 0 Å². The van der Waals surface area contributed by atoms with Crippen LogP contribution in [0.5, 0.6) is 0 Å². The number of rotatable bonds is 5. The van der Waals surface area contributed by atoms with Crippen LogP contribution in [0.1, 0.15) is 5.82 Å². The summed E-state index contributed by atoms with van der Waals surface area (Å²) in [5.74, 6) is 2.56. The first-order chi connectivity index (χ1) is 13.3. The maximum Gasteiger partial charge on any atom is 0.208 e. The molecule has 4 heterocycles. The molecule has 0 bridgehead atoms. The first kappa shape index (κ1) is 15.2. The molecule has 27 heavy (non-hydrogen) atoms. The number of imidazole rings is 2. The lowest BCUT2D eigenvalue weighted by Crippen LogP contribution is -2.04. The van der Waals surface area contributed by atoms with Gasteiger partial charge in [-0.15, -0.1) is 0 Å². The van der Waals surface area contributed by atoms with E-state index in [4.69, 9.17) is 0 Å². The van der Waals surface area contributed by atoms with Crippen molar-refractivity contribution in [1.29, 1.82) is 0 Å². The third-order valence-corrected chi connectivity index (χ3v) is 3.96. The summed E-state index contributed by atoms with van der Waals surface area (Å²) in [6.07, 6.45) is 6.29. The summed E-state index contributed by atoms with van der Waals surface area (Å²) in [5.41, 5.74) is 3.17. The molecule has 132 valence electrons. The Labute approximate surface area is 152 Å². The molecule has 0 amide bonds. The number of nitrogens with one attached hydrogen (secondary N) is 4. The number of aromatic amines is 2. The van der Waals surface area contributed by atoms with Gasteiger partial charge in [0.2, 0.25) is 5.95 Å². The predicted octanol–water partition coefficient (Wildman–Crippen LogP) is 2.37. The largest absolute Gasteiger partial charge is 0.361 e. The Kier molecular flexibility index (Phi) is 3.56. The molecular weight excluding hydrogens is 344 g/mol. The van der Waals surface area contributed by atoms with E-state index in [1.807, 2.05) is 24.3 Å². The summed E-state index contributed by atoms with van der Waals surface area (Å²) in [6, 6.07) is 7.90. The summed E-state index contributed by atoms with van der Waals surface area (Å²) in [7, 11) is 0. The van der Waals surface area contributed by atoms with Crippen molar-refractivity contribution in [3.05, 3.63) is 55.0 Å². The lowest BCUT2D eigenvalue weighted by atomic mass is 10.3. The Morgan fingerprint density at radius 1 is 0.963 bits per heavy atom. The van der Waals surface area contributed by atoms with Gasteiger partial charge in [0, 0.05) is 12.4 Å². The van der Waals surface area contributed by atoms with Crippen LogP contribution in [0.3, 0.4) is 0 Å². The fraction of sp³-hybridized carbons (Fsp3) is 0.0588. The van der Waals surface area contributed by atoms with Gasteiger partial charge < -0.3 is 20.6 Å². The van der Waals surface area contributed by atoms with Crippen molar-refractivity contribution in [1.82, 2.24) is 39.9 Å². The summed E-state index contributed by atoms with van der Waals surface area (Å²) in [4.78, 5) is 32.1. The molecular formula is C17H14N10. The fourth-order valence-electron chi connectivity index (χ4n) is 2.76. The van der Waals surface area contributed by atoms with E-state index in [2.05, 4.69) is 50.5 Å². The molecule has 0 aliphatic carbocycles. The highest BCUT2D eigenvalue weighted by atomic mass is 15.2. The second-order valence-corrected chi connectivity index (χ2v) is 5.78. The quantitative estimate of drug-likeness (QED) is 0.376. The molecule has 10 heteroatoms. The second-order valence-electron chi connectivity index (χ2n) is 5.78. The molecule has 0 aliphatic rings. The predicted molar refractivity (Wildman–Crippen MR) is 100 cm³/mol. The Morgan fingerprint density at radius 2 is 1.93 bits per heavy atom. The monoisotopic (exact) mass is 358 g/mol. The molecule has 4 N–H and O–H groups in total. The molecule has 10 nitrogen and oxygen atoms in total. The number of anilines is 3. The second kappa shape index (κ2) is 6.33. The van der Waals surface area contributed by atoms with Crippen LogP contribution in [0.4, 0.5) is 17.6 Å². The van der Waals surface area contributed by atoms with E-state index in [0.717, 1.165) is 16.9 Å². The number of hydrogen-bond donors (Lipinski definition) is 4. The Balaban J connectivity index is 1.39. The Hall–Kier alpha value is -4.08. The highest BCUT2D eigenvalue weighted by molar-refractivity contribution is 5.84. The van der Waals surface area contributed by atoms with Crippen molar-refractivity contribution in [3.8, 4) is 0 Å². The molecule has 0 saturated heterocycles. The topological polar surface area (TPSA) is 133 Å². The lowest BCUT2D eigenvalue weighted by Gasteiger charge is -2.03. The van der Waals surface area contributed by atoms with Gasteiger partial charge in [-0.05, 0) is 12.1 Å². The van der Waals surface area contributed by atoms with Gasteiger partial charge in [0.05, 0.1) is 23.8 Å². The zero-order valence-electron chi connectivity index (χ0n) is 14.0. The first-order valence-corrected chi connectivity index (χ1v) is 8.26. The molecule has 1 aromatic carbocycles. The molecule has 0 spiro atoms. The Morgan fingerprint density at radius 3 is 2.81 bits per heavy atom. The van der Waals surface area contributed by atoms with Crippen molar-refractivity contribution in [2.24, 2.45) is 0 Å². The van der Waals surface area contributed by atoms with Crippen molar-refractivity contribution in [2.45, 2.75) is 6.54 Å². The third kappa shape index (κ3) is 2.99.